The summed E-state index contributed by atoms with van der Waals surface area (Å²) in [5.41, 5.74) is 0. The number of hydrogen-bond acceptors (Lipinski definition) is 2. The van der Waals surface area contributed by atoms with Gasteiger partial charge in [-0.25, -0.2) is 0 Å². The summed E-state index contributed by atoms with van der Waals surface area (Å²) in [5.74, 6) is 0. The molecule has 0 bridgehead atoms. The van der Waals surface area contributed by atoms with Crippen molar-refractivity contribution < 1.29 is 4.74 Å². The first kappa shape index (κ1) is 9.92. The topological polar surface area (TPSA) is 21.3 Å². The van der Waals surface area contributed by atoms with Crippen LogP contribution in [0.25, 0.3) is 0 Å². The monoisotopic (exact) mass is 145 g/mol. The van der Waals surface area contributed by atoms with Crippen molar-refractivity contribution in [1.82, 2.24) is 5.32 Å². The van der Waals surface area contributed by atoms with Crippen molar-refractivity contribution in [2.45, 2.75) is 32.2 Å². The third-order valence-electron chi connectivity index (χ3n) is 1.73. The van der Waals surface area contributed by atoms with E-state index in [2.05, 4.69) is 12.2 Å². The second-order valence-electron chi connectivity index (χ2n) is 2.68. The maximum atomic E-state index is 4.94. The molecule has 0 saturated carbocycles. The molecule has 1 unspecified atom stereocenters. The Hall–Kier alpha value is -0.0800. The van der Waals surface area contributed by atoms with Crippen LogP contribution in [0.1, 0.15) is 26.2 Å². The average molecular weight is 145 g/mol. The molecular weight excluding hydrogens is 126 g/mol. The molecule has 1 N–H and O–H groups in total. The lowest BCUT2D eigenvalue weighted by atomic mass is 10.1. The number of methoxy groups -OCH3 is 1. The first-order valence-corrected chi connectivity index (χ1v) is 3.97. The van der Waals surface area contributed by atoms with Gasteiger partial charge >= 0.3 is 0 Å². The summed E-state index contributed by atoms with van der Waals surface area (Å²) >= 11 is 0. The summed E-state index contributed by atoms with van der Waals surface area (Å²) < 4.78 is 4.94. The van der Waals surface area contributed by atoms with Crippen LogP contribution in [0.15, 0.2) is 0 Å². The molecule has 0 aromatic rings. The van der Waals surface area contributed by atoms with Crippen molar-refractivity contribution >= 4 is 0 Å². The Morgan fingerprint density at radius 2 is 2.10 bits per heavy atom. The van der Waals surface area contributed by atoms with E-state index in [0.29, 0.717) is 6.04 Å². The van der Waals surface area contributed by atoms with Gasteiger partial charge in [0.15, 0.2) is 0 Å². The van der Waals surface area contributed by atoms with E-state index >= 15 is 0 Å². The van der Waals surface area contributed by atoms with Gasteiger partial charge in [-0.3, -0.25) is 0 Å². The van der Waals surface area contributed by atoms with Crippen molar-refractivity contribution in [3.63, 3.8) is 0 Å². The Bertz CT molecular complexity index is 66.3. The van der Waals surface area contributed by atoms with Gasteiger partial charge in [-0.15, -0.1) is 0 Å². The summed E-state index contributed by atoms with van der Waals surface area (Å²) in [7, 11) is 3.75. The van der Waals surface area contributed by atoms with Crippen molar-refractivity contribution in [2.24, 2.45) is 0 Å². The predicted octanol–water partition coefficient (Wildman–Crippen LogP) is 1.41. The van der Waals surface area contributed by atoms with Crippen molar-refractivity contribution in [1.29, 1.82) is 0 Å². The molecular formula is C8H19NO. The Balaban J connectivity index is 2.89. The first-order valence-electron chi connectivity index (χ1n) is 3.97. The van der Waals surface area contributed by atoms with E-state index in [1.54, 1.807) is 7.11 Å². The summed E-state index contributed by atoms with van der Waals surface area (Å²) in [6.45, 7) is 3.10. The van der Waals surface area contributed by atoms with Crippen LogP contribution in [0.4, 0.5) is 0 Å². The summed E-state index contributed by atoms with van der Waals surface area (Å²) in [6, 6.07) is 0.650. The molecule has 0 aromatic heterocycles. The molecule has 0 heterocycles. The van der Waals surface area contributed by atoms with Crippen LogP contribution in [0.3, 0.4) is 0 Å². The zero-order valence-corrected chi connectivity index (χ0v) is 7.31. The Labute approximate surface area is 64.0 Å². The minimum Gasteiger partial charge on any atom is -0.385 e. The van der Waals surface area contributed by atoms with E-state index in [1.165, 1.54) is 19.3 Å². The summed E-state index contributed by atoms with van der Waals surface area (Å²) in [4.78, 5) is 0. The molecule has 10 heavy (non-hydrogen) atoms. The zero-order chi connectivity index (χ0) is 7.82. The molecule has 0 spiro atoms. The lowest BCUT2D eigenvalue weighted by Gasteiger charge is -2.08. The van der Waals surface area contributed by atoms with Crippen LogP contribution < -0.4 is 5.32 Å². The van der Waals surface area contributed by atoms with Crippen LogP contribution in [0.5, 0.6) is 0 Å². The van der Waals surface area contributed by atoms with Crippen LogP contribution in [-0.4, -0.2) is 26.8 Å². The molecule has 0 aliphatic rings. The van der Waals surface area contributed by atoms with E-state index in [1.807, 2.05) is 7.05 Å². The smallest absolute Gasteiger partial charge is 0.0462 e. The normalized spacial score (nSPS) is 13.5. The van der Waals surface area contributed by atoms with Crippen LogP contribution >= 0.6 is 0 Å². The first-order chi connectivity index (χ1) is 4.81. The van der Waals surface area contributed by atoms with Crippen molar-refractivity contribution in [3.8, 4) is 0 Å². The fourth-order valence-corrected chi connectivity index (χ4v) is 0.841. The Morgan fingerprint density at radius 3 is 2.60 bits per heavy atom. The maximum Gasteiger partial charge on any atom is 0.0462 e. The zero-order valence-electron chi connectivity index (χ0n) is 7.31. The van der Waals surface area contributed by atoms with Crippen LogP contribution in [0.2, 0.25) is 0 Å². The highest BCUT2D eigenvalue weighted by Crippen LogP contribution is 1.99. The van der Waals surface area contributed by atoms with E-state index in [4.69, 9.17) is 4.74 Å². The number of hydrogen-bond donors (Lipinski definition) is 1. The van der Waals surface area contributed by atoms with Gasteiger partial charge in [-0.05, 0) is 33.2 Å². The number of rotatable bonds is 6. The largest absolute Gasteiger partial charge is 0.385 e. The van der Waals surface area contributed by atoms with Gasteiger partial charge in [0.1, 0.15) is 0 Å². The molecule has 2 nitrogen and oxygen atoms in total. The van der Waals surface area contributed by atoms with E-state index in [0.717, 1.165) is 6.61 Å². The summed E-state index contributed by atoms with van der Waals surface area (Å²) in [5, 5.41) is 3.20. The number of ether oxygens (including phenoxy) is 1. The highest BCUT2D eigenvalue weighted by molar-refractivity contribution is 4.55. The lowest BCUT2D eigenvalue weighted by molar-refractivity contribution is 0.191. The molecule has 1 atom stereocenters. The van der Waals surface area contributed by atoms with Crippen molar-refractivity contribution in [2.75, 3.05) is 20.8 Å². The van der Waals surface area contributed by atoms with Gasteiger partial charge in [-0.2, -0.15) is 0 Å². The van der Waals surface area contributed by atoms with Gasteiger partial charge in [0.2, 0.25) is 0 Å². The molecule has 62 valence electrons. The van der Waals surface area contributed by atoms with Gasteiger partial charge in [0.25, 0.3) is 0 Å². The van der Waals surface area contributed by atoms with E-state index < -0.39 is 0 Å². The second kappa shape index (κ2) is 7.03. The fourth-order valence-electron chi connectivity index (χ4n) is 0.841. The van der Waals surface area contributed by atoms with E-state index in [-0.39, 0.29) is 0 Å². The highest BCUT2D eigenvalue weighted by atomic mass is 16.5. The number of unbranched alkanes of at least 4 members (excludes halogenated alkanes) is 1. The SMILES string of the molecule is CNC(C)CCCCOC. The molecule has 0 amide bonds. The quantitative estimate of drug-likeness (QED) is 0.571. The van der Waals surface area contributed by atoms with Crippen LogP contribution in [-0.2, 0) is 4.74 Å². The standard InChI is InChI=1S/C8H19NO/c1-8(9-2)6-4-5-7-10-3/h8-9H,4-7H2,1-3H3. The fraction of sp³-hybridized carbons (Fsp3) is 1.00. The summed E-state index contributed by atoms with van der Waals surface area (Å²) in [6.07, 6.45) is 3.69. The lowest BCUT2D eigenvalue weighted by Crippen LogP contribution is -2.20. The maximum absolute atomic E-state index is 4.94. The van der Waals surface area contributed by atoms with Gasteiger partial charge in [0, 0.05) is 19.8 Å². The Morgan fingerprint density at radius 1 is 1.40 bits per heavy atom. The minimum absolute atomic E-state index is 0.650. The minimum atomic E-state index is 0.650. The molecule has 2 heteroatoms. The average Bonchev–Trinajstić information content (AvgIpc) is 1.98. The van der Waals surface area contributed by atoms with Gasteiger partial charge in [0.05, 0.1) is 0 Å². The third kappa shape index (κ3) is 6.05. The second-order valence-corrected chi connectivity index (χ2v) is 2.68. The molecule has 0 aromatic carbocycles. The molecule has 0 rings (SSSR count). The highest BCUT2D eigenvalue weighted by Gasteiger charge is 1.95. The molecule has 0 aliphatic carbocycles. The predicted molar refractivity (Wildman–Crippen MR) is 44.2 cm³/mol. The molecule has 0 saturated heterocycles. The van der Waals surface area contributed by atoms with Gasteiger partial charge < -0.3 is 10.1 Å². The Kier molecular flexibility index (Phi) is 6.98. The molecule has 0 aliphatic heterocycles. The van der Waals surface area contributed by atoms with Crippen molar-refractivity contribution in [3.05, 3.63) is 0 Å². The third-order valence-corrected chi connectivity index (χ3v) is 1.73. The number of nitrogens with one attached hydrogen (secondary N) is 1. The van der Waals surface area contributed by atoms with Crippen LogP contribution in [0, 0.1) is 0 Å². The molecule has 0 radical (unpaired) electrons. The van der Waals surface area contributed by atoms with E-state index in [9.17, 15) is 0 Å². The molecule has 0 fully saturated rings. The van der Waals surface area contributed by atoms with Gasteiger partial charge in [-0.1, -0.05) is 0 Å².